The molecule has 1 heterocycles. The van der Waals surface area contributed by atoms with Gasteiger partial charge in [-0.15, -0.1) is 12.4 Å². The molecule has 2 nitrogen and oxygen atoms in total. The van der Waals surface area contributed by atoms with Crippen LogP contribution in [0, 0.1) is 5.92 Å². The summed E-state index contributed by atoms with van der Waals surface area (Å²) in [5.74, 6) is 0.771. The third-order valence-electron chi connectivity index (χ3n) is 3.05. The number of halogens is 1. The molecule has 0 spiro atoms. The fraction of sp³-hybridized carbons (Fsp3) is 1.00. The lowest BCUT2D eigenvalue weighted by atomic mass is 9.78. The van der Waals surface area contributed by atoms with Gasteiger partial charge in [-0.1, -0.05) is 6.42 Å². The summed E-state index contributed by atoms with van der Waals surface area (Å²) in [5.41, 5.74) is 0.0116. The molecule has 0 amide bonds. The average Bonchev–Trinajstić information content (AvgIpc) is 2.06. The van der Waals surface area contributed by atoms with Crippen LogP contribution in [0.3, 0.4) is 0 Å². The van der Waals surface area contributed by atoms with Crippen LogP contribution in [0.15, 0.2) is 0 Å². The number of hydrogen-bond acceptors (Lipinski definition) is 2. The number of nitrogens with one attached hydrogen (secondary N) is 1. The van der Waals surface area contributed by atoms with Gasteiger partial charge >= 0.3 is 0 Å². The highest BCUT2D eigenvalue weighted by molar-refractivity contribution is 5.85. The van der Waals surface area contributed by atoms with Gasteiger partial charge in [0.25, 0.3) is 0 Å². The molecule has 1 aliphatic carbocycles. The third-order valence-corrected chi connectivity index (χ3v) is 3.05. The molecule has 2 fully saturated rings. The normalized spacial score (nSPS) is 42.0. The van der Waals surface area contributed by atoms with Crippen molar-refractivity contribution < 1.29 is 4.74 Å². The van der Waals surface area contributed by atoms with Crippen LogP contribution < -0.4 is 5.32 Å². The van der Waals surface area contributed by atoms with Crippen LogP contribution in [0.4, 0.5) is 0 Å². The van der Waals surface area contributed by atoms with Crippen molar-refractivity contribution in [3.8, 4) is 0 Å². The van der Waals surface area contributed by atoms with E-state index in [2.05, 4.69) is 19.2 Å². The second-order valence-corrected chi connectivity index (χ2v) is 4.09. The van der Waals surface area contributed by atoms with Crippen molar-refractivity contribution in [2.45, 2.75) is 44.9 Å². The molecule has 72 valence electrons. The molecule has 0 aromatic heterocycles. The van der Waals surface area contributed by atoms with E-state index in [1.807, 2.05) is 0 Å². The van der Waals surface area contributed by atoms with E-state index < -0.39 is 0 Å². The van der Waals surface area contributed by atoms with Crippen LogP contribution in [-0.4, -0.2) is 18.4 Å². The van der Waals surface area contributed by atoms with Gasteiger partial charge in [-0.05, 0) is 26.7 Å². The van der Waals surface area contributed by atoms with Crippen LogP contribution in [0.5, 0.6) is 0 Å². The zero-order valence-electron chi connectivity index (χ0n) is 7.80. The van der Waals surface area contributed by atoms with Gasteiger partial charge < -0.3 is 4.74 Å². The van der Waals surface area contributed by atoms with Crippen molar-refractivity contribution in [2.75, 3.05) is 6.61 Å². The number of hydrogen-bond donors (Lipinski definition) is 1. The predicted molar refractivity (Wildman–Crippen MR) is 51.5 cm³/mol. The molecule has 1 N–H and O–H groups in total. The minimum atomic E-state index is 0. The Morgan fingerprint density at radius 1 is 1.42 bits per heavy atom. The van der Waals surface area contributed by atoms with E-state index in [-0.39, 0.29) is 18.1 Å². The van der Waals surface area contributed by atoms with Gasteiger partial charge in [-0.3, -0.25) is 5.32 Å². The highest BCUT2D eigenvalue weighted by Crippen LogP contribution is 2.38. The van der Waals surface area contributed by atoms with Crippen molar-refractivity contribution in [3.63, 3.8) is 0 Å². The first kappa shape index (κ1) is 10.3. The zero-order chi connectivity index (χ0) is 7.90. The van der Waals surface area contributed by atoms with E-state index in [4.69, 9.17) is 4.74 Å². The first-order valence-electron chi connectivity index (χ1n) is 4.62. The standard InChI is InChI=1S/C9H17NO.ClH/c1-7-6-11-9(2,10-7)8-4-3-5-8;/h7-8,10H,3-6H2,1-2H3;1H. The van der Waals surface area contributed by atoms with Crippen molar-refractivity contribution in [2.24, 2.45) is 5.92 Å². The second-order valence-electron chi connectivity index (χ2n) is 4.09. The molecule has 0 aromatic rings. The lowest BCUT2D eigenvalue weighted by Crippen LogP contribution is -2.49. The Morgan fingerprint density at radius 2 is 2.08 bits per heavy atom. The van der Waals surface area contributed by atoms with Crippen molar-refractivity contribution in [1.29, 1.82) is 0 Å². The maximum absolute atomic E-state index is 5.75. The molecule has 0 aromatic carbocycles. The zero-order valence-corrected chi connectivity index (χ0v) is 8.62. The average molecular weight is 192 g/mol. The van der Waals surface area contributed by atoms with Crippen molar-refractivity contribution in [1.82, 2.24) is 5.32 Å². The molecule has 3 heteroatoms. The lowest BCUT2D eigenvalue weighted by Gasteiger charge is -2.39. The Hall–Kier alpha value is 0.210. The summed E-state index contributed by atoms with van der Waals surface area (Å²) < 4.78 is 5.75. The highest BCUT2D eigenvalue weighted by atomic mass is 35.5. The Kier molecular flexibility index (Phi) is 3.02. The summed E-state index contributed by atoms with van der Waals surface area (Å²) in [6.07, 6.45) is 4.08. The molecular weight excluding hydrogens is 174 g/mol. The molecule has 1 saturated carbocycles. The summed E-state index contributed by atoms with van der Waals surface area (Å²) in [5, 5.41) is 3.51. The first-order valence-corrected chi connectivity index (χ1v) is 4.62. The molecule has 2 atom stereocenters. The molecule has 2 aliphatic rings. The Labute approximate surface area is 80.5 Å². The molecule has 0 radical (unpaired) electrons. The van der Waals surface area contributed by atoms with Crippen molar-refractivity contribution in [3.05, 3.63) is 0 Å². The fourth-order valence-electron chi connectivity index (χ4n) is 2.07. The maximum Gasteiger partial charge on any atom is 0.119 e. The predicted octanol–water partition coefficient (Wildman–Crippen LogP) is 1.93. The second kappa shape index (κ2) is 3.52. The molecule has 2 rings (SSSR count). The van der Waals surface area contributed by atoms with E-state index >= 15 is 0 Å². The lowest BCUT2D eigenvalue weighted by molar-refractivity contribution is -0.0693. The SMILES string of the molecule is CC1COC(C)(C2CCC2)N1.Cl. The number of ether oxygens (including phenoxy) is 1. The quantitative estimate of drug-likeness (QED) is 0.684. The smallest absolute Gasteiger partial charge is 0.119 e. The van der Waals surface area contributed by atoms with Gasteiger partial charge in [0.1, 0.15) is 5.72 Å². The van der Waals surface area contributed by atoms with Gasteiger partial charge in [-0.2, -0.15) is 0 Å². The third kappa shape index (κ3) is 1.61. The minimum Gasteiger partial charge on any atom is -0.359 e. The van der Waals surface area contributed by atoms with Gasteiger partial charge in [0.2, 0.25) is 0 Å². The Balaban J connectivity index is 0.000000720. The molecule has 12 heavy (non-hydrogen) atoms. The van der Waals surface area contributed by atoms with Gasteiger partial charge in [0.05, 0.1) is 6.61 Å². The summed E-state index contributed by atoms with van der Waals surface area (Å²) >= 11 is 0. The Bertz CT molecular complexity index is 161. The number of rotatable bonds is 1. The van der Waals surface area contributed by atoms with Crippen LogP contribution in [0.25, 0.3) is 0 Å². The van der Waals surface area contributed by atoms with E-state index in [0.29, 0.717) is 6.04 Å². The van der Waals surface area contributed by atoms with E-state index in [1.54, 1.807) is 0 Å². The monoisotopic (exact) mass is 191 g/mol. The molecular formula is C9H18ClNO. The highest BCUT2D eigenvalue weighted by Gasteiger charge is 2.43. The van der Waals surface area contributed by atoms with Crippen LogP contribution in [0.2, 0.25) is 0 Å². The molecule has 1 saturated heterocycles. The van der Waals surface area contributed by atoms with Gasteiger partial charge in [0.15, 0.2) is 0 Å². The van der Waals surface area contributed by atoms with Crippen LogP contribution >= 0.6 is 12.4 Å². The van der Waals surface area contributed by atoms with E-state index in [1.165, 1.54) is 19.3 Å². The maximum atomic E-state index is 5.75. The first-order chi connectivity index (χ1) is 5.21. The topological polar surface area (TPSA) is 21.3 Å². The summed E-state index contributed by atoms with van der Waals surface area (Å²) in [6, 6.07) is 0.542. The van der Waals surface area contributed by atoms with E-state index in [9.17, 15) is 0 Å². The Morgan fingerprint density at radius 3 is 2.42 bits per heavy atom. The molecule has 1 aliphatic heterocycles. The van der Waals surface area contributed by atoms with Gasteiger partial charge in [-0.25, -0.2) is 0 Å². The summed E-state index contributed by atoms with van der Waals surface area (Å²) in [7, 11) is 0. The van der Waals surface area contributed by atoms with Crippen molar-refractivity contribution >= 4 is 12.4 Å². The van der Waals surface area contributed by atoms with Crippen LogP contribution in [0.1, 0.15) is 33.1 Å². The largest absolute Gasteiger partial charge is 0.359 e. The fourth-order valence-corrected chi connectivity index (χ4v) is 2.07. The summed E-state index contributed by atoms with van der Waals surface area (Å²) in [4.78, 5) is 0. The summed E-state index contributed by atoms with van der Waals surface area (Å²) in [6.45, 7) is 5.26. The molecule has 0 bridgehead atoms. The van der Waals surface area contributed by atoms with E-state index in [0.717, 1.165) is 12.5 Å². The molecule has 2 unspecified atom stereocenters. The minimum absolute atomic E-state index is 0. The van der Waals surface area contributed by atoms with Crippen LogP contribution in [-0.2, 0) is 4.74 Å². The van der Waals surface area contributed by atoms with Gasteiger partial charge in [0, 0.05) is 12.0 Å².